The summed E-state index contributed by atoms with van der Waals surface area (Å²) in [5.41, 5.74) is 4.64. The van der Waals surface area contributed by atoms with Crippen molar-refractivity contribution in [1.29, 1.82) is 0 Å². The molecule has 8 nitrogen and oxygen atoms in total. The first kappa shape index (κ1) is 21.1. The number of carbonyl (C=O) groups is 2. The van der Waals surface area contributed by atoms with E-state index < -0.39 is 29.7 Å². The van der Waals surface area contributed by atoms with Crippen molar-refractivity contribution in [2.45, 2.75) is 19.1 Å². The lowest BCUT2D eigenvalue weighted by molar-refractivity contribution is -0.137. The van der Waals surface area contributed by atoms with Crippen LogP contribution in [0.1, 0.15) is 12.5 Å². The summed E-state index contributed by atoms with van der Waals surface area (Å²) in [4.78, 5) is 35.1. The molecular formula is C21H16F3N5O3. The normalized spacial score (nSPS) is 16.6. The lowest BCUT2D eigenvalue weighted by Gasteiger charge is -2.20. The summed E-state index contributed by atoms with van der Waals surface area (Å²) >= 11 is 0. The van der Waals surface area contributed by atoms with E-state index in [0.717, 1.165) is 22.1 Å². The summed E-state index contributed by atoms with van der Waals surface area (Å²) in [5.74, 6) is 0.626. The molecule has 1 saturated heterocycles. The maximum absolute atomic E-state index is 13.0. The molecule has 0 radical (unpaired) electrons. The van der Waals surface area contributed by atoms with Crippen LogP contribution >= 0.6 is 0 Å². The van der Waals surface area contributed by atoms with E-state index in [1.165, 1.54) is 25.3 Å². The van der Waals surface area contributed by atoms with Gasteiger partial charge in [-0.3, -0.25) is 14.7 Å². The van der Waals surface area contributed by atoms with Crippen LogP contribution in [-0.2, 0) is 11.0 Å². The van der Waals surface area contributed by atoms with Gasteiger partial charge in [-0.25, -0.2) is 14.7 Å². The van der Waals surface area contributed by atoms with Gasteiger partial charge in [-0.2, -0.15) is 13.2 Å². The number of nitrogens with zero attached hydrogens (tertiary/aromatic N) is 4. The summed E-state index contributed by atoms with van der Waals surface area (Å²) in [6.07, 6.45) is -1.42. The number of aromatic nitrogens is 2. The van der Waals surface area contributed by atoms with E-state index in [9.17, 15) is 22.8 Å². The number of nitrogen functional groups attached to an aromatic ring is 1. The topological polar surface area (TPSA) is 102 Å². The summed E-state index contributed by atoms with van der Waals surface area (Å²) in [7, 11) is 0. The van der Waals surface area contributed by atoms with Crippen molar-refractivity contribution in [3.63, 3.8) is 0 Å². The lowest BCUT2D eigenvalue weighted by atomic mass is 10.2. The van der Waals surface area contributed by atoms with Crippen LogP contribution in [0.3, 0.4) is 0 Å². The summed E-state index contributed by atoms with van der Waals surface area (Å²) < 4.78 is 44.7. The van der Waals surface area contributed by atoms with E-state index in [4.69, 9.17) is 10.5 Å². The Labute approximate surface area is 180 Å². The molecule has 0 saturated carbocycles. The number of rotatable bonds is 4. The van der Waals surface area contributed by atoms with Crippen LogP contribution < -0.4 is 20.3 Å². The van der Waals surface area contributed by atoms with Crippen LogP contribution in [0.4, 0.5) is 35.2 Å². The molecule has 1 aliphatic rings. The van der Waals surface area contributed by atoms with Gasteiger partial charge in [-0.05, 0) is 49.4 Å². The van der Waals surface area contributed by atoms with Crippen molar-refractivity contribution in [3.05, 3.63) is 66.6 Å². The average molecular weight is 443 g/mol. The Kier molecular flexibility index (Phi) is 5.17. The van der Waals surface area contributed by atoms with Gasteiger partial charge in [0.1, 0.15) is 23.4 Å². The highest BCUT2D eigenvalue weighted by molar-refractivity contribution is 6.28. The number of amides is 3. The van der Waals surface area contributed by atoms with Gasteiger partial charge in [0, 0.05) is 6.20 Å². The number of imide groups is 1. The lowest BCUT2D eigenvalue weighted by Crippen LogP contribution is -2.34. The highest BCUT2D eigenvalue weighted by Crippen LogP contribution is 2.35. The van der Waals surface area contributed by atoms with Crippen molar-refractivity contribution in [1.82, 2.24) is 9.97 Å². The number of halogens is 3. The van der Waals surface area contributed by atoms with Crippen molar-refractivity contribution in [2.75, 3.05) is 15.5 Å². The first-order chi connectivity index (χ1) is 15.1. The zero-order valence-electron chi connectivity index (χ0n) is 16.6. The monoisotopic (exact) mass is 443 g/mol. The largest absolute Gasteiger partial charge is 0.456 e. The Morgan fingerprint density at radius 1 is 0.969 bits per heavy atom. The SMILES string of the molecule is CC1C(=O)N(c2ccc(Oc3ccc(N)nc3)cc2)C(=O)N1c1cncc(C(F)(F)F)c1. The first-order valence-corrected chi connectivity index (χ1v) is 9.34. The molecular weight excluding hydrogens is 427 g/mol. The van der Waals surface area contributed by atoms with Gasteiger partial charge in [0.25, 0.3) is 5.91 Å². The van der Waals surface area contributed by atoms with E-state index in [1.807, 2.05) is 0 Å². The molecule has 0 spiro atoms. The maximum atomic E-state index is 13.0. The minimum Gasteiger partial charge on any atom is -0.456 e. The van der Waals surface area contributed by atoms with Crippen molar-refractivity contribution >= 4 is 29.1 Å². The van der Waals surface area contributed by atoms with Crippen molar-refractivity contribution < 1.29 is 27.5 Å². The van der Waals surface area contributed by atoms with Crippen molar-refractivity contribution in [2.24, 2.45) is 0 Å². The quantitative estimate of drug-likeness (QED) is 0.606. The van der Waals surface area contributed by atoms with Crippen LogP contribution in [0.25, 0.3) is 0 Å². The minimum atomic E-state index is -4.63. The van der Waals surface area contributed by atoms with Gasteiger partial charge in [0.2, 0.25) is 0 Å². The molecule has 4 rings (SSSR count). The van der Waals surface area contributed by atoms with Crippen LogP contribution in [0, 0.1) is 0 Å². The predicted octanol–water partition coefficient (Wildman–Crippen LogP) is 4.23. The number of alkyl halides is 3. The minimum absolute atomic E-state index is 0.121. The van der Waals surface area contributed by atoms with E-state index >= 15 is 0 Å². The second kappa shape index (κ2) is 7.84. The molecule has 0 aliphatic carbocycles. The van der Waals surface area contributed by atoms with Crippen molar-refractivity contribution in [3.8, 4) is 11.5 Å². The Morgan fingerprint density at radius 3 is 2.28 bits per heavy atom. The molecule has 3 heterocycles. The molecule has 2 N–H and O–H groups in total. The second-order valence-corrected chi connectivity index (χ2v) is 6.95. The highest BCUT2D eigenvalue weighted by atomic mass is 19.4. The van der Waals surface area contributed by atoms with Gasteiger partial charge in [-0.1, -0.05) is 0 Å². The Balaban J connectivity index is 1.57. The molecule has 3 amide bonds. The molecule has 2 aromatic heterocycles. The van der Waals surface area contributed by atoms with Gasteiger partial charge in [0.05, 0.1) is 29.3 Å². The number of carbonyl (C=O) groups excluding carboxylic acids is 2. The number of benzene rings is 1. The molecule has 3 aromatic rings. The van der Waals surface area contributed by atoms with E-state index in [-0.39, 0.29) is 11.4 Å². The molecule has 164 valence electrons. The number of anilines is 3. The van der Waals surface area contributed by atoms with Gasteiger partial charge >= 0.3 is 12.2 Å². The van der Waals surface area contributed by atoms with Crippen LogP contribution in [0.2, 0.25) is 0 Å². The van der Waals surface area contributed by atoms with Crippen LogP contribution in [0.5, 0.6) is 11.5 Å². The summed E-state index contributed by atoms with van der Waals surface area (Å²) in [6.45, 7) is 1.44. The maximum Gasteiger partial charge on any atom is 0.417 e. The second-order valence-electron chi connectivity index (χ2n) is 6.95. The fourth-order valence-corrected chi connectivity index (χ4v) is 3.20. The summed E-state index contributed by atoms with van der Waals surface area (Å²) in [6, 6.07) is 8.29. The van der Waals surface area contributed by atoms with Gasteiger partial charge < -0.3 is 10.5 Å². The predicted molar refractivity (Wildman–Crippen MR) is 109 cm³/mol. The molecule has 1 aliphatic heterocycles. The number of hydrogen-bond acceptors (Lipinski definition) is 6. The molecule has 32 heavy (non-hydrogen) atoms. The Hall–Kier alpha value is -4.15. The smallest absolute Gasteiger partial charge is 0.417 e. The summed E-state index contributed by atoms with van der Waals surface area (Å²) in [5, 5.41) is 0. The van der Waals surface area contributed by atoms with E-state index in [2.05, 4.69) is 9.97 Å². The third-order valence-electron chi connectivity index (χ3n) is 4.78. The Bertz CT molecular complexity index is 1170. The fourth-order valence-electron chi connectivity index (χ4n) is 3.20. The molecule has 1 fully saturated rings. The number of ether oxygens (including phenoxy) is 1. The molecule has 11 heteroatoms. The first-order valence-electron chi connectivity index (χ1n) is 9.34. The third-order valence-corrected chi connectivity index (χ3v) is 4.78. The third kappa shape index (κ3) is 3.92. The number of pyridine rings is 2. The van der Waals surface area contributed by atoms with E-state index in [1.54, 1.807) is 24.3 Å². The zero-order chi connectivity index (χ0) is 23.0. The van der Waals surface area contributed by atoms with Crippen LogP contribution in [-0.4, -0.2) is 27.9 Å². The fraction of sp³-hybridized carbons (Fsp3) is 0.143. The van der Waals surface area contributed by atoms with Gasteiger partial charge in [0.15, 0.2) is 0 Å². The molecule has 1 atom stereocenters. The molecule has 0 bridgehead atoms. The molecule has 1 aromatic carbocycles. The van der Waals surface area contributed by atoms with Crippen LogP contribution in [0.15, 0.2) is 61.1 Å². The average Bonchev–Trinajstić information content (AvgIpc) is 2.98. The number of nitrogens with two attached hydrogens (primary N) is 1. The molecule has 1 unspecified atom stereocenters. The van der Waals surface area contributed by atoms with E-state index in [0.29, 0.717) is 23.5 Å². The zero-order valence-corrected chi connectivity index (χ0v) is 16.6. The Morgan fingerprint density at radius 2 is 1.66 bits per heavy atom. The highest BCUT2D eigenvalue weighted by Gasteiger charge is 2.45. The standard InChI is InChI=1S/C21H16F3N5O3/c1-12-19(30)29(20(31)28(12)15-8-13(9-26-10-15)21(22,23)24)14-2-4-16(5-3-14)32-17-6-7-18(25)27-11-17/h2-12H,1H3,(H2,25,27). The number of hydrogen-bond donors (Lipinski definition) is 1. The van der Waals surface area contributed by atoms with Gasteiger partial charge in [-0.15, -0.1) is 0 Å². The number of urea groups is 1.